The predicted octanol–water partition coefficient (Wildman–Crippen LogP) is 2.46. The van der Waals surface area contributed by atoms with Crippen molar-refractivity contribution in [3.8, 4) is 0 Å². The third-order valence-electron chi connectivity index (χ3n) is 8.03. The van der Waals surface area contributed by atoms with Crippen molar-refractivity contribution in [2.45, 2.75) is 83.0 Å². The van der Waals surface area contributed by atoms with Gasteiger partial charge in [-0.15, -0.1) is 0 Å². The lowest BCUT2D eigenvalue weighted by molar-refractivity contribution is -0.942. The van der Waals surface area contributed by atoms with E-state index in [-0.39, 0.29) is 30.0 Å². The number of hydrogen-bond donors (Lipinski definition) is 1. The number of aliphatic hydroxyl groups excluding tert-OH is 1. The van der Waals surface area contributed by atoms with Gasteiger partial charge >= 0.3 is 5.97 Å². The van der Waals surface area contributed by atoms with E-state index in [1.165, 1.54) is 7.11 Å². The minimum atomic E-state index is -0.880. The first-order valence-corrected chi connectivity index (χ1v) is 11.1. The van der Waals surface area contributed by atoms with Crippen molar-refractivity contribution in [3.63, 3.8) is 0 Å². The molecule has 1 unspecified atom stereocenters. The molecule has 0 radical (unpaired) electrons. The van der Waals surface area contributed by atoms with Gasteiger partial charge in [-0.2, -0.15) is 0 Å². The maximum Gasteiger partial charge on any atom is 0.343 e. The number of esters is 1. The molecule has 0 aromatic rings. The Bertz CT molecular complexity index is 837. The van der Waals surface area contributed by atoms with Gasteiger partial charge in [-0.05, 0) is 19.8 Å². The first kappa shape index (κ1) is 20.3. The number of carbonyl (C=O) groups excluding carboxylic acids is 1. The van der Waals surface area contributed by atoms with Crippen molar-refractivity contribution in [3.05, 3.63) is 28.1 Å². The fraction of sp³-hybridized carbons (Fsp3) is 0.773. The van der Waals surface area contributed by atoms with Crippen LogP contribution in [0.4, 0.5) is 0 Å². The molecule has 5 rings (SSSR count). The molecule has 8 heteroatoms. The number of allylic oxidation sites excluding steroid dienone is 1. The highest BCUT2D eigenvalue weighted by Gasteiger charge is 2.72. The maximum atomic E-state index is 14.3. The Balaban J connectivity index is 1.59. The minimum absolute atomic E-state index is 0.158. The van der Waals surface area contributed by atoms with Gasteiger partial charge in [0.05, 0.1) is 25.1 Å². The molecule has 166 valence electrons. The van der Waals surface area contributed by atoms with Gasteiger partial charge in [0.2, 0.25) is 11.5 Å². The molecule has 8 atom stereocenters. The average molecular weight is 421 g/mol. The van der Waals surface area contributed by atoms with E-state index in [4.69, 9.17) is 18.9 Å². The van der Waals surface area contributed by atoms with Crippen LogP contribution in [0, 0.1) is 17.0 Å². The van der Waals surface area contributed by atoms with Crippen molar-refractivity contribution in [1.29, 1.82) is 0 Å². The van der Waals surface area contributed by atoms with Gasteiger partial charge in [0.15, 0.2) is 5.76 Å². The lowest BCUT2D eigenvalue weighted by Crippen LogP contribution is -2.68. The van der Waals surface area contributed by atoms with Crippen molar-refractivity contribution >= 4 is 5.97 Å². The van der Waals surface area contributed by atoms with Gasteiger partial charge in [0.25, 0.3) is 0 Å². The molecular formula is C22H31NO7. The van der Waals surface area contributed by atoms with E-state index in [1.807, 2.05) is 13.8 Å². The van der Waals surface area contributed by atoms with Crippen LogP contribution in [0.5, 0.6) is 0 Å². The van der Waals surface area contributed by atoms with Gasteiger partial charge in [0.1, 0.15) is 30.1 Å². The zero-order valence-electron chi connectivity index (χ0n) is 18.1. The summed E-state index contributed by atoms with van der Waals surface area (Å²) >= 11 is 0. The Kier molecular flexibility index (Phi) is 4.53. The maximum absolute atomic E-state index is 14.3. The van der Waals surface area contributed by atoms with Crippen LogP contribution < -0.4 is 0 Å². The average Bonchev–Trinajstić information content (AvgIpc) is 3.25. The SMILES string of the molecule is CC[C@H](O)[C@@H]1CC[C@H]2O[C@@]34CCC[N+]1([O-])[C@@H]2[C@H]3[C@H](C)/C(=C1/OC(=O)C(C)=C1OC)O4. The van der Waals surface area contributed by atoms with Gasteiger partial charge < -0.3 is 33.9 Å². The highest BCUT2D eigenvalue weighted by atomic mass is 16.7. The number of carbonyl (C=O) groups is 1. The van der Waals surface area contributed by atoms with Gasteiger partial charge in [-0.1, -0.05) is 13.8 Å². The Morgan fingerprint density at radius 3 is 2.87 bits per heavy atom. The van der Waals surface area contributed by atoms with E-state index < -0.39 is 22.5 Å². The van der Waals surface area contributed by atoms with Crippen LogP contribution in [0.25, 0.3) is 0 Å². The van der Waals surface area contributed by atoms with Crippen molar-refractivity contribution < 1.29 is 33.5 Å². The third-order valence-corrected chi connectivity index (χ3v) is 8.03. The topological polar surface area (TPSA) is 97.3 Å². The molecular weight excluding hydrogens is 390 g/mol. The predicted molar refractivity (Wildman–Crippen MR) is 105 cm³/mol. The van der Waals surface area contributed by atoms with Crippen molar-refractivity contribution in [2.75, 3.05) is 13.7 Å². The minimum Gasteiger partial charge on any atom is -0.632 e. The van der Waals surface area contributed by atoms with Crippen LogP contribution in [-0.2, 0) is 23.7 Å². The molecule has 1 N–H and O–H groups in total. The van der Waals surface area contributed by atoms with Crippen molar-refractivity contribution in [2.24, 2.45) is 11.8 Å². The number of hydroxylamine groups is 3. The molecule has 0 aromatic carbocycles. The summed E-state index contributed by atoms with van der Waals surface area (Å²) in [5, 5.41) is 25.0. The molecule has 0 saturated carbocycles. The summed E-state index contributed by atoms with van der Waals surface area (Å²) < 4.78 is 23.5. The van der Waals surface area contributed by atoms with E-state index in [9.17, 15) is 15.1 Å². The van der Waals surface area contributed by atoms with Crippen molar-refractivity contribution in [1.82, 2.24) is 0 Å². The lowest BCUT2D eigenvalue weighted by Gasteiger charge is -2.58. The van der Waals surface area contributed by atoms with E-state index in [0.29, 0.717) is 55.1 Å². The Morgan fingerprint density at radius 2 is 2.17 bits per heavy atom. The number of piperidine rings is 1. The van der Waals surface area contributed by atoms with E-state index in [1.54, 1.807) is 6.92 Å². The number of quaternary nitrogens is 1. The van der Waals surface area contributed by atoms with Gasteiger partial charge in [-0.25, -0.2) is 4.79 Å². The zero-order valence-corrected chi connectivity index (χ0v) is 18.1. The molecule has 30 heavy (non-hydrogen) atoms. The van der Waals surface area contributed by atoms with E-state index >= 15 is 0 Å². The second kappa shape index (κ2) is 6.69. The number of methoxy groups -OCH3 is 1. The number of hydrogen-bond acceptors (Lipinski definition) is 7. The smallest absolute Gasteiger partial charge is 0.343 e. The zero-order chi connectivity index (χ0) is 21.4. The normalized spacial score (nSPS) is 48.2. The Morgan fingerprint density at radius 1 is 1.40 bits per heavy atom. The highest BCUT2D eigenvalue weighted by Crippen LogP contribution is 2.61. The quantitative estimate of drug-likeness (QED) is 0.425. The van der Waals surface area contributed by atoms with Gasteiger partial charge in [0, 0.05) is 25.2 Å². The van der Waals surface area contributed by atoms with E-state index in [2.05, 4.69) is 0 Å². The molecule has 4 saturated heterocycles. The molecule has 0 aliphatic carbocycles. The summed E-state index contributed by atoms with van der Waals surface area (Å²) in [6.45, 7) is 6.09. The number of nitrogens with zero attached hydrogens (tertiary/aromatic N) is 1. The fourth-order valence-electron chi connectivity index (χ4n) is 6.72. The highest BCUT2D eigenvalue weighted by molar-refractivity contribution is 5.93. The van der Waals surface area contributed by atoms with Crippen LogP contribution >= 0.6 is 0 Å². The summed E-state index contributed by atoms with van der Waals surface area (Å²) in [6.07, 6.45) is 2.48. The summed E-state index contributed by atoms with van der Waals surface area (Å²) in [5.74, 6) is -0.416. The number of cyclic esters (lactones) is 1. The first-order chi connectivity index (χ1) is 14.3. The third kappa shape index (κ3) is 2.45. The molecule has 0 aromatic heterocycles. The molecule has 5 heterocycles. The largest absolute Gasteiger partial charge is 0.632 e. The molecule has 5 aliphatic heterocycles. The summed E-state index contributed by atoms with van der Waals surface area (Å²) in [7, 11) is 1.50. The summed E-state index contributed by atoms with van der Waals surface area (Å²) in [4.78, 5) is 12.1. The first-order valence-electron chi connectivity index (χ1n) is 11.1. The standard InChI is InChI=1S/C22H31NO7/c1-5-14(24)13-7-8-15-17-16-11(2)19(20-18(27-4)12(3)21(25)28-20)30-22(16,29-15)9-6-10-23(13,17)26/h11,13-17,24H,5-10H2,1-4H3/b20-19-/t11-,13-,14-,15+,16+,17-,22+,23?/m0/s1. The van der Waals surface area contributed by atoms with Crippen LogP contribution in [0.1, 0.15) is 52.9 Å². The second-order valence-corrected chi connectivity index (χ2v) is 9.42. The molecule has 4 fully saturated rings. The lowest BCUT2D eigenvalue weighted by atomic mass is 9.77. The monoisotopic (exact) mass is 421 g/mol. The van der Waals surface area contributed by atoms with Crippen LogP contribution in [0.3, 0.4) is 0 Å². The number of aliphatic hydroxyl groups is 1. The Hall–Kier alpha value is -1.61. The second-order valence-electron chi connectivity index (χ2n) is 9.42. The molecule has 2 bridgehead atoms. The fourth-order valence-corrected chi connectivity index (χ4v) is 6.72. The number of rotatable bonds is 3. The summed E-state index contributed by atoms with van der Waals surface area (Å²) in [6, 6.07) is -0.632. The molecule has 8 nitrogen and oxygen atoms in total. The summed E-state index contributed by atoms with van der Waals surface area (Å²) in [5.41, 5.74) is 0.408. The van der Waals surface area contributed by atoms with Crippen LogP contribution in [0.15, 0.2) is 22.9 Å². The van der Waals surface area contributed by atoms with Crippen LogP contribution in [-0.4, -0.2) is 59.5 Å². The Labute approximate surface area is 176 Å². The molecule has 0 amide bonds. The number of ether oxygens (including phenoxy) is 4. The van der Waals surface area contributed by atoms with Crippen LogP contribution in [0.2, 0.25) is 0 Å². The molecule has 0 spiro atoms. The van der Waals surface area contributed by atoms with Gasteiger partial charge in [-0.3, -0.25) is 0 Å². The van der Waals surface area contributed by atoms with E-state index in [0.717, 1.165) is 6.42 Å². The molecule has 5 aliphatic rings.